The van der Waals surface area contributed by atoms with Crippen LogP contribution in [-0.2, 0) is 10.0 Å². The van der Waals surface area contributed by atoms with Gasteiger partial charge in [0, 0.05) is 12.1 Å². The van der Waals surface area contributed by atoms with Crippen molar-refractivity contribution in [1.29, 1.82) is 0 Å². The Morgan fingerprint density at radius 3 is 2.61 bits per heavy atom. The minimum atomic E-state index is -3.77. The van der Waals surface area contributed by atoms with Gasteiger partial charge in [-0.25, -0.2) is 13.1 Å². The Kier molecular flexibility index (Phi) is 2.99. The Bertz CT molecular complexity index is 598. The first-order chi connectivity index (χ1) is 8.31. The lowest BCUT2D eigenvalue weighted by Crippen LogP contribution is -2.26. The summed E-state index contributed by atoms with van der Waals surface area (Å²) >= 11 is 0. The number of sulfonamides is 1. The minimum Gasteiger partial charge on any atom is -0.502 e. The lowest BCUT2D eigenvalue weighted by Gasteiger charge is -2.06. The molecule has 2 rings (SSSR count). The minimum absolute atomic E-state index is 0.108. The van der Waals surface area contributed by atoms with E-state index in [4.69, 9.17) is 0 Å². The third-order valence-electron chi connectivity index (χ3n) is 2.87. The number of nitro groups is 1. The van der Waals surface area contributed by atoms with E-state index in [1.807, 2.05) is 6.92 Å². The maximum Gasteiger partial charge on any atom is 0.312 e. The number of nitro benzene ring substituents is 1. The summed E-state index contributed by atoms with van der Waals surface area (Å²) in [6, 6.07) is 2.88. The Balaban J connectivity index is 2.33. The van der Waals surface area contributed by atoms with Crippen molar-refractivity contribution in [2.45, 2.75) is 24.3 Å². The molecule has 0 aromatic heterocycles. The van der Waals surface area contributed by atoms with Gasteiger partial charge in [0.25, 0.3) is 0 Å². The molecule has 0 amide bonds. The molecule has 0 aliphatic heterocycles. The molecule has 18 heavy (non-hydrogen) atoms. The first-order valence-corrected chi connectivity index (χ1v) is 6.79. The van der Waals surface area contributed by atoms with Crippen LogP contribution < -0.4 is 4.72 Å². The van der Waals surface area contributed by atoms with Crippen LogP contribution in [0.5, 0.6) is 5.75 Å². The number of phenols is 1. The highest BCUT2D eigenvalue weighted by Crippen LogP contribution is 2.32. The fourth-order valence-corrected chi connectivity index (χ4v) is 2.95. The van der Waals surface area contributed by atoms with Crippen molar-refractivity contribution in [3.8, 4) is 5.75 Å². The van der Waals surface area contributed by atoms with E-state index in [1.165, 1.54) is 0 Å². The standard InChI is InChI=1S/C10H12N2O5S/c1-6-4-8(6)11-18(16,17)7-2-3-10(13)9(5-7)12(14)15/h2-3,5-6,8,11,13H,4H2,1H3. The predicted octanol–water partition coefficient (Wildman–Crippen LogP) is 0.987. The van der Waals surface area contributed by atoms with Crippen molar-refractivity contribution in [3.63, 3.8) is 0 Å². The van der Waals surface area contributed by atoms with E-state index in [2.05, 4.69) is 4.72 Å². The highest BCUT2D eigenvalue weighted by atomic mass is 32.2. The first kappa shape index (κ1) is 12.8. The number of rotatable bonds is 4. The quantitative estimate of drug-likeness (QED) is 0.627. The second-order valence-corrected chi connectivity index (χ2v) is 6.06. The van der Waals surface area contributed by atoms with Crippen molar-refractivity contribution in [3.05, 3.63) is 28.3 Å². The van der Waals surface area contributed by atoms with E-state index in [-0.39, 0.29) is 16.9 Å². The molecular weight excluding hydrogens is 260 g/mol. The highest BCUT2D eigenvalue weighted by molar-refractivity contribution is 7.89. The molecule has 0 bridgehead atoms. The van der Waals surface area contributed by atoms with Gasteiger partial charge in [-0.15, -0.1) is 0 Å². The molecule has 1 aromatic rings. The highest BCUT2D eigenvalue weighted by Gasteiger charge is 2.36. The third-order valence-corrected chi connectivity index (χ3v) is 4.36. The average Bonchev–Trinajstić information content (AvgIpc) is 2.92. The van der Waals surface area contributed by atoms with Crippen LogP contribution in [0.4, 0.5) is 5.69 Å². The molecule has 1 fully saturated rings. The lowest BCUT2D eigenvalue weighted by molar-refractivity contribution is -0.386. The molecular formula is C10H12N2O5S. The molecule has 1 aromatic carbocycles. The first-order valence-electron chi connectivity index (χ1n) is 5.31. The van der Waals surface area contributed by atoms with Gasteiger partial charge >= 0.3 is 5.69 Å². The second-order valence-electron chi connectivity index (χ2n) is 4.35. The molecule has 0 heterocycles. The molecule has 7 nitrogen and oxygen atoms in total. The van der Waals surface area contributed by atoms with Crippen LogP contribution in [-0.4, -0.2) is 24.5 Å². The van der Waals surface area contributed by atoms with E-state index in [0.717, 1.165) is 24.6 Å². The number of hydrogen-bond donors (Lipinski definition) is 2. The number of nitrogens with zero attached hydrogens (tertiary/aromatic N) is 1. The van der Waals surface area contributed by atoms with Crippen molar-refractivity contribution >= 4 is 15.7 Å². The van der Waals surface area contributed by atoms with Crippen LogP contribution in [0.15, 0.2) is 23.1 Å². The number of phenolic OH excluding ortho intramolecular Hbond substituents is 1. The van der Waals surface area contributed by atoms with Gasteiger partial charge in [-0.1, -0.05) is 6.92 Å². The molecule has 1 aliphatic rings. The smallest absolute Gasteiger partial charge is 0.312 e. The zero-order valence-electron chi connectivity index (χ0n) is 9.53. The molecule has 0 spiro atoms. The van der Waals surface area contributed by atoms with Crippen LogP contribution in [0.3, 0.4) is 0 Å². The van der Waals surface area contributed by atoms with E-state index < -0.39 is 26.4 Å². The Morgan fingerprint density at radius 1 is 1.50 bits per heavy atom. The van der Waals surface area contributed by atoms with Gasteiger partial charge in [0.2, 0.25) is 10.0 Å². The number of aromatic hydroxyl groups is 1. The normalized spacial score (nSPS) is 22.7. The largest absolute Gasteiger partial charge is 0.502 e. The molecule has 1 aliphatic carbocycles. The molecule has 0 saturated heterocycles. The van der Waals surface area contributed by atoms with Crippen LogP contribution in [0.2, 0.25) is 0 Å². The number of nitrogens with one attached hydrogen (secondary N) is 1. The molecule has 2 N–H and O–H groups in total. The summed E-state index contributed by atoms with van der Waals surface area (Å²) in [6.07, 6.45) is 0.763. The molecule has 8 heteroatoms. The van der Waals surface area contributed by atoms with Crippen LogP contribution in [0.25, 0.3) is 0 Å². The van der Waals surface area contributed by atoms with Crippen molar-refractivity contribution < 1.29 is 18.4 Å². The Labute approximate surface area is 104 Å². The van der Waals surface area contributed by atoms with E-state index >= 15 is 0 Å². The maximum absolute atomic E-state index is 11.9. The van der Waals surface area contributed by atoms with Gasteiger partial charge in [0.1, 0.15) is 0 Å². The maximum atomic E-state index is 11.9. The van der Waals surface area contributed by atoms with Gasteiger partial charge in [0.15, 0.2) is 5.75 Å². The monoisotopic (exact) mass is 272 g/mol. The lowest BCUT2D eigenvalue weighted by atomic mass is 10.3. The zero-order valence-corrected chi connectivity index (χ0v) is 10.3. The molecule has 0 radical (unpaired) electrons. The van der Waals surface area contributed by atoms with Crippen molar-refractivity contribution in [1.82, 2.24) is 4.72 Å². The Morgan fingerprint density at radius 2 is 2.11 bits per heavy atom. The summed E-state index contributed by atoms with van der Waals surface area (Å²) in [5, 5.41) is 19.9. The Hall–Kier alpha value is -1.67. The summed E-state index contributed by atoms with van der Waals surface area (Å²) in [5.74, 6) is -0.273. The topological polar surface area (TPSA) is 110 Å². The molecule has 1 saturated carbocycles. The SMILES string of the molecule is CC1CC1NS(=O)(=O)c1ccc(O)c([N+](=O)[O-])c1. The average molecular weight is 272 g/mol. The second kappa shape index (κ2) is 4.21. The zero-order chi connectivity index (χ0) is 13.5. The third kappa shape index (κ3) is 2.44. The molecule has 2 atom stereocenters. The van der Waals surface area contributed by atoms with Crippen molar-refractivity contribution in [2.75, 3.05) is 0 Å². The van der Waals surface area contributed by atoms with Crippen LogP contribution in [0, 0.1) is 16.0 Å². The van der Waals surface area contributed by atoms with E-state index in [1.54, 1.807) is 0 Å². The summed E-state index contributed by atoms with van der Waals surface area (Å²) < 4.78 is 26.2. The predicted molar refractivity (Wildman–Crippen MR) is 62.7 cm³/mol. The van der Waals surface area contributed by atoms with Gasteiger partial charge in [0.05, 0.1) is 9.82 Å². The fraction of sp³-hybridized carbons (Fsp3) is 0.400. The van der Waals surface area contributed by atoms with E-state index in [0.29, 0.717) is 0 Å². The van der Waals surface area contributed by atoms with Gasteiger partial charge in [-0.3, -0.25) is 10.1 Å². The molecule has 2 unspecified atom stereocenters. The van der Waals surface area contributed by atoms with Crippen molar-refractivity contribution in [2.24, 2.45) is 5.92 Å². The summed E-state index contributed by atoms with van der Waals surface area (Å²) in [7, 11) is -3.77. The summed E-state index contributed by atoms with van der Waals surface area (Å²) in [6.45, 7) is 1.91. The number of benzene rings is 1. The summed E-state index contributed by atoms with van der Waals surface area (Å²) in [5.41, 5.74) is -0.623. The summed E-state index contributed by atoms with van der Waals surface area (Å²) in [4.78, 5) is 9.58. The van der Waals surface area contributed by atoms with Crippen LogP contribution >= 0.6 is 0 Å². The number of hydrogen-bond acceptors (Lipinski definition) is 5. The van der Waals surface area contributed by atoms with Crippen LogP contribution in [0.1, 0.15) is 13.3 Å². The van der Waals surface area contributed by atoms with Gasteiger partial charge in [-0.05, 0) is 24.5 Å². The van der Waals surface area contributed by atoms with E-state index in [9.17, 15) is 23.6 Å². The molecule has 98 valence electrons. The van der Waals surface area contributed by atoms with Gasteiger partial charge in [-0.2, -0.15) is 0 Å². The fourth-order valence-electron chi connectivity index (χ4n) is 1.57. The van der Waals surface area contributed by atoms with Gasteiger partial charge < -0.3 is 5.11 Å².